The summed E-state index contributed by atoms with van der Waals surface area (Å²) >= 11 is 0. The molecule has 0 aliphatic rings. The van der Waals surface area contributed by atoms with Crippen LogP contribution in [0.25, 0.3) is 10.9 Å². The molecule has 0 bridgehead atoms. The molecule has 1 aromatic heterocycles. The van der Waals surface area contributed by atoms with Crippen molar-refractivity contribution in [1.29, 1.82) is 0 Å². The van der Waals surface area contributed by atoms with Gasteiger partial charge in [-0.05, 0) is 19.1 Å². The molecular formula is C18H15FN2O2. The van der Waals surface area contributed by atoms with Gasteiger partial charge in [-0.15, -0.1) is 0 Å². The van der Waals surface area contributed by atoms with Gasteiger partial charge < -0.3 is 10.3 Å². The number of carbonyl (C=O) groups excluding carboxylic acids is 1. The van der Waals surface area contributed by atoms with Crippen LogP contribution in [0.2, 0.25) is 0 Å². The highest BCUT2D eigenvalue weighted by molar-refractivity contribution is 6.06. The largest absolute Gasteiger partial charge is 0.345 e. The third-order valence-electron chi connectivity index (χ3n) is 3.71. The van der Waals surface area contributed by atoms with Crippen molar-refractivity contribution >= 4 is 16.8 Å². The maximum Gasteiger partial charge on any atom is 0.252 e. The second-order valence-electron chi connectivity index (χ2n) is 5.31. The van der Waals surface area contributed by atoms with E-state index in [1.54, 1.807) is 49.4 Å². The maximum atomic E-state index is 13.8. The van der Waals surface area contributed by atoms with Crippen molar-refractivity contribution in [2.75, 3.05) is 0 Å². The van der Waals surface area contributed by atoms with Crippen LogP contribution in [0.3, 0.4) is 0 Å². The Balaban J connectivity index is 1.95. The molecule has 23 heavy (non-hydrogen) atoms. The molecule has 0 aliphatic heterocycles. The number of aromatic nitrogens is 1. The smallest absolute Gasteiger partial charge is 0.252 e. The molecule has 116 valence electrons. The topological polar surface area (TPSA) is 62.0 Å². The molecule has 2 N–H and O–H groups in total. The molecule has 0 aliphatic carbocycles. The highest BCUT2D eigenvalue weighted by Crippen LogP contribution is 2.19. The zero-order chi connectivity index (χ0) is 16.4. The first kappa shape index (κ1) is 15.0. The standard InChI is InChI=1S/C18H15FN2O2/c1-11(12-6-2-4-8-15(12)19)20-18(23)14-10-17(22)21-16-9-5-3-7-13(14)16/h2-11H,1H3,(H,20,23)(H,21,22)/t11-/m1/s1. The summed E-state index contributed by atoms with van der Waals surface area (Å²) in [4.78, 5) is 26.9. The quantitative estimate of drug-likeness (QED) is 0.780. The van der Waals surface area contributed by atoms with Gasteiger partial charge in [0.25, 0.3) is 5.91 Å². The third kappa shape index (κ3) is 2.99. The van der Waals surface area contributed by atoms with E-state index in [0.29, 0.717) is 16.5 Å². The maximum absolute atomic E-state index is 13.8. The van der Waals surface area contributed by atoms with Crippen LogP contribution in [0.1, 0.15) is 28.9 Å². The Morgan fingerprint density at radius 1 is 1.13 bits per heavy atom. The Morgan fingerprint density at radius 3 is 2.61 bits per heavy atom. The summed E-state index contributed by atoms with van der Waals surface area (Å²) in [7, 11) is 0. The average Bonchev–Trinajstić information content (AvgIpc) is 2.54. The van der Waals surface area contributed by atoms with Gasteiger partial charge in [-0.1, -0.05) is 36.4 Å². The molecule has 0 radical (unpaired) electrons. The normalized spacial score (nSPS) is 12.1. The van der Waals surface area contributed by atoms with Gasteiger partial charge in [0.1, 0.15) is 5.82 Å². The SMILES string of the molecule is C[C@@H](NC(=O)c1cc(=O)[nH]c2ccccc12)c1ccccc1F. The van der Waals surface area contributed by atoms with Crippen molar-refractivity contribution in [2.45, 2.75) is 13.0 Å². The minimum atomic E-state index is -0.512. The lowest BCUT2D eigenvalue weighted by atomic mass is 10.1. The Hall–Kier alpha value is -2.95. The Bertz CT molecular complexity index is 933. The number of carbonyl (C=O) groups is 1. The summed E-state index contributed by atoms with van der Waals surface area (Å²) in [6, 6.07) is 14.1. The first-order valence-corrected chi connectivity index (χ1v) is 7.23. The Labute approximate surface area is 132 Å². The fourth-order valence-electron chi connectivity index (χ4n) is 2.57. The first-order chi connectivity index (χ1) is 11.1. The van der Waals surface area contributed by atoms with Crippen LogP contribution >= 0.6 is 0 Å². The molecule has 1 heterocycles. The molecule has 0 unspecified atom stereocenters. The van der Waals surface area contributed by atoms with Crippen LogP contribution in [0.5, 0.6) is 0 Å². The number of benzene rings is 2. The second kappa shape index (κ2) is 6.04. The number of hydrogen-bond donors (Lipinski definition) is 2. The molecule has 3 aromatic rings. The molecule has 0 spiro atoms. The van der Waals surface area contributed by atoms with Crippen molar-refractivity contribution in [3.05, 3.63) is 81.9 Å². The minimum Gasteiger partial charge on any atom is -0.345 e. The number of para-hydroxylation sites is 1. The van der Waals surface area contributed by atoms with Crippen molar-refractivity contribution in [2.24, 2.45) is 0 Å². The Kier molecular flexibility index (Phi) is 3.93. The van der Waals surface area contributed by atoms with E-state index in [9.17, 15) is 14.0 Å². The molecule has 1 amide bonds. The number of aromatic amines is 1. The van der Waals surface area contributed by atoms with Crippen LogP contribution in [0.15, 0.2) is 59.4 Å². The zero-order valence-corrected chi connectivity index (χ0v) is 12.5. The molecule has 2 aromatic carbocycles. The number of hydrogen-bond acceptors (Lipinski definition) is 2. The number of halogens is 1. The fraction of sp³-hybridized carbons (Fsp3) is 0.111. The van der Waals surface area contributed by atoms with Crippen LogP contribution in [0, 0.1) is 5.82 Å². The van der Waals surface area contributed by atoms with E-state index in [-0.39, 0.29) is 16.9 Å². The van der Waals surface area contributed by atoms with E-state index in [2.05, 4.69) is 10.3 Å². The zero-order valence-electron chi connectivity index (χ0n) is 12.5. The highest BCUT2D eigenvalue weighted by Gasteiger charge is 2.16. The number of fused-ring (bicyclic) bond motifs is 1. The predicted molar refractivity (Wildman–Crippen MR) is 86.8 cm³/mol. The van der Waals surface area contributed by atoms with E-state index in [1.807, 2.05) is 0 Å². The van der Waals surface area contributed by atoms with Gasteiger partial charge in [-0.25, -0.2) is 4.39 Å². The lowest BCUT2D eigenvalue weighted by Crippen LogP contribution is -2.28. The second-order valence-corrected chi connectivity index (χ2v) is 5.31. The fourth-order valence-corrected chi connectivity index (χ4v) is 2.57. The van der Waals surface area contributed by atoms with E-state index in [0.717, 1.165) is 0 Å². The van der Waals surface area contributed by atoms with Crippen LogP contribution in [0.4, 0.5) is 4.39 Å². The van der Waals surface area contributed by atoms with Gasteiger partial charge in [0.15, 0.2) is 0 Å². The molecule has 0 fully saturated rings. The molecule has 5 heteroatoms. The number of nitrogens with one attached hydrogen (secondary N) is 2. The van der Waals surface area contributed by atoms with Crippen LogP contribution in [-0.4, -0.2) is 10.9 Å². The summed E-state index contributed by atoms with van der Waals surface area (Å²) in [6.07, 6.45) is 0. The molecule has 3 rings (SSSR count). The van der Waals surface area contributed by atoms with Gasteiger partial charge in [-0.2, -0.15) is 0 Å². The molecule has 0 saturated heterocycles. The number of H-pyrrole nitrogens is 1. The van der Waals surface area contributed by atoms with E-state index in [4.69, 9.17) is 0 Å². The minimum absolute atomic E-state index is 0.271. The number of pyridine rings is 1. The summed E-state index contributed by atoms with van der Waals surface area (Å²) in [5, 5.41) is 3.38. The average molecular weight is 310 g/mol. The van der Waals surface area contributed by atoms with E-state index in [1.165, 1.54) is 12.1 Å². The van der Waals surface area contributed by atoms with E-state index >= 15 is 0 Å². The van der Waals surface area contributed by atoms with Gasteiger partial charge >= 0.3 is 0 Å². The van der Waals surface area contributed by atoms with E-state index < -0.39 is 11.9 Å². The summed E-state index contributed by atoms with van der Waals surface area (Å²) in [5.74, 6) is -0.792. The summed E-state index contributed by atoms with van der Waals surface area (Å²) < 4.78 is 13.8. The van der Waals surface area contributed by atoms with Crippen molar-refractivity contribution in [1.82, 2.24) is 10.3 Å². The lowest BCUT2D eigenvalue weighted by molar-refractivity contribution is 0.0941. The first-order valence-electron chi connectivity index (χ1n) is 7.23. The third-order valence-corrected chi connectivity index (χ3v) is 3.71. The van der Waals surface area contributed by atoms with Crippen LogP contribution < -0.4 is 10.9 Å². The van der Waals surface area contributed by atoms with Crippen molar-refractivity contribution in [3.8, 4) is 0 Å². The van der Waals surface area contributed by atoms with Gasteiger partial charge in [0, 0.05) is 22.5 Å². The molecule has 4 nitrogen and oxygen atoms in total. The number of amides is 1. The van der Waals surface area contributed by atoms with Crippen LogP contribution in [-0.2, 0) is 0 Å². The predicted octanol–water partition coefficient (Wildman–Crippen LogP) is 3.16. The summed E-state index contributed by atoms with van der Waals surface area (Å²) in [5.41, 5.74) is 0.902. The van der Waals surface area contributed by atoms with Gasteiger partial charge in [0.2, 0.25) is 5.56 Å². The Morgan fingerprint density at radius 2 is 1.83 bits per heavy atom. The van der Waals surface area contributed by atoms with Gasteiger partial charge in [0.05, 0.1) is 11.6 Å². The highest BCUT2D eigenvalue weighted by atomic mass is 19.1. The molecule has 1 atom stereocenters. The summed E-state index contributed by atoms with van der Waals surface area (Å²) in [6.45, 7) is 1.70. The molecular weight excluding hydrogens is 295 g/mol. The van der Waals surface area contributed by atoms with Crippen molar-refractivity contribution in [3.63, 3.8) is 0 Å². The molecule has 0 saturated carbocycles. The van der Waals surface area contributed by atoms with Gasteiger partial charge in [-0.3, -0.25) is 9.59 Å². The number of rotatable bonds is 3. The lowest BCUT2D eigenvalue weighted by Gasteiger charge is -2.15. The van der Waals surface area contributed by atoms with Crippen molar-refractivity contribution < 1.29 is 9.18 Å². The monoisotopic (exact) mass is 310 g/mol.